The second-order valence-corrected chi connectivity index (χ2v) is 9.10. The van der Waals surface area contributed by atoms with E-state index in [1.54, 1.807) is 6.07 Å². The van der Waals surface area contributed by atoms with E-state index in [1.165, 1.54) is 0 Å². The van der Waals surface area contributed by atoms with E-state index in [9.17, 15) is 9.59 Å². The first-order valence-electron chi connectivity index (χ1n) is 10.3. The second kappa shape index (κ2) is 8.03. The summed E-state index contributed by atoms with van der Waals surface area (Å²) in [7, 11) is 0. The van der Waals surface area contributed by atoms with E-state index in [0.717, 1.165) is 51.0 Å². The Hall–Kier alpha value is -1.85. The summed E-state index contributed by atoms with van der Waals surface area (Å²) in [5, 5.41) is 4.02. The van der Waals surface area contributed by atoms with Crippen LogP contribution in [0.5, 0.6) is 0 Å². The highest BCUT2D eigenvalue weighted by Gasteiger charge is 2.43. The highest BCUT2D eigenvalue weighted by Crippen LogP contribution is 2.39. The molecule has 3 heterocycles. The van der Waals surface area contributed by atoms with Gasteiger partial charge in [0.2, 0.25) is 11.7 Å². The number of rotatable bonds is 5. The molecule has 1 atom stereocenters. The van der Waals surface area contributed by atoms with Crippen LogP contribution in [0.4, 0.5) is 0 Å². The van der Waals surface area contributed by atoms with E-state index in [-0.39, 0.29) is 23.1 Å². The molecular weight excluding hydrogens is 342 g/mol. The lowest BCUT2D eigenvalue weighted by Gasteiger charge is -2.48. The Kier molecular flexibility index (Phi) is 5.92. The van der Waals surface area contributed by atoms with Crippen LogP contribution in [-0.2, 0) is 4.79 Å². The number of hydrogen-bond acceptors (Lipinski definition) is 4. The van der Waals surface area contributed by atoms with Crippen molar-refractivity contribution in [1.29, 1.82) is 0 Å². The lowest BCUT2D eigenvalue weighted by atomic mass is 9.73. The monoisotopic (exact) mass is 375 g/mol. The zero-order chi connectivity index (χ0) is 19.6. The predicted octanol–water partition coefficient (Wildman–Crippen LogP) is 3.69. The van der Waals surface area contributed by atoms with Crippen molar-refractivity contribution in [1.82, 2.24) is 15.0 Å². The van der Waals surface area contributed by atoms with E-state index < -0.39 is 0 Å². The number of likely N-dealkylation sites (tertiary alicyclic amines) is 2. The summed E-state index contributed by atoms with van der Waals surface area (Å²) in [6, 6.07) is 1.77. The Bertz CT molecular complexity index is 682. The van der Waals surface area contributed by atoms with Gasteiger partial charge in [-0.1, -0.05) is 32.9 Å². The fourth-order valence-electron chi connectivity index (χ4n) is 4.25. The largest absolute Gasteiger partial charge is 0.351 e. The summed E-state index contributed by atoms with van der Waals surface area (Å²) in [4.78, 5) is 29.2. The zero-order valence-electron chi connectivity index (χ0n) is 17.2. The van der Waals surface area contributed by atoms with Crippen LogP contribution in [0.25, 0.3) is 0 Å². The molecule has 150 valence electrons. The molecule has 0 aromatic carbocycles. The van der Waals surface area contributed by atoms with Gasteiger partial charge in [0.15, 0.2) is 0 Å². The van der Waals surface area contributed by atoms with Gasteiger partial charge >= 0.3 is 0 Å². The molecule has 2 fully saturated rings. The molecule has 0 N–H and O–H groups in total. The average molecular weight is 376 g/mol. The molecule has 1 aromatic rings. The minimum absolute atomic E-state index is 0.0275. The van der Waals surface area contributed by atoms with Crippen molar-refractivity contribution in [3.63, 3.8) is 0 Å². The maximum Gasteiger partial charge on any atom is 0.292 e. The number of nitrogens with zero attached hydrogens (tertiary/aromatic N) is 3. The molecule has 1 unspecified atom stereocenters. The molecule has 6 nitrogen and oxygen atoms in total. The zero-order valence-corrected chi connectivity index (χ0v) is 17.2. The van der Waals surface area contributed by atoms with Crippen molar-refractivity contribution in [3.8, 4) is 0 Å². The van der Waals surface area contributed by atoms with Crippen LogP contribution in [0, 0.1) is 11.3 Å². The van der Waals surface area contributed by atoms with Gasteiger partial charge in [0.05, 0.1) is 5.69 Å². The Labute approximate surface area is 162 Å². The normalized spacial score (nSPS) is 23.7. The Morgan fingerprint density at radius 2 is 2.04 bits per heavy atom. The van der Waals surface area contributed by atoms with Gasteiger partial charge in [-0.25, -0.2) is 0 Å². The number of carbonyl (C=O) groups excluding carboxylic acids is 2. The predicted molar refractivity (Wildman–Crippen MR) is 103 cm³/mol. The molecule has 2 amide bonds. The van der Waals surface area contributed by atoms with Crippen LogP contribution >= 0.6 is 0 Å². The van der Waals surface area contributed by atoms with Crippen molar-refractivity contribution >= 4 is 11.8 Å². The molecule has 2 saturated heterocycles. The molecule has 6 heteroatoms. The van der Waals surface area contributed by atoms with Gasteiger partial charge in [-0.2, -0.15) is 0 Å². The molecule has 0 saturated carbocycles. The minimum Gasteiger partial charge on any atom is -0.351 e. The summed E-state index contributed by atoms with van der Waals surface area (Å²) >= 11 is 0. The highest BCUT2D eigenvalue weighted by molar-refractivity contribution is 5.91. The smallest absolute Gasteiger partial charge is 0.292 e. The highest BCUT2D eigenvalue weighted by atomic mass is 16.5. The van der Waals surface area contributed by atoms with Crippen molar-refractivity contribution in [3.05, 3.63) is 17.5 Å². The number of carbonyl (C=O) groups is 2. The molecule has 2 aliphatic rings. The molecule has 0 bridgehead atoms. The van der Waals surface area contributed by atoms with Gasteiger partial charge in [0.25, 0.3) is 5.91 Å². The number of piperidine rings is 2. The summed E-state index contributed by atoms with van der Waals surface area (Å²) < 4.78 is 5.31. The van der Waals surface area contributed by atoms with Gasteiger partial charge in [-0.15, -0.1) is 0 Å². The molecule has 0 aliphatic carbocycles. The SMILES string of the molecule is CC(C)CCN1CC2(CCCN(C(=O)c3cc(C(C)C)no3)C2)CCC1=O. The Morgan fingerprint density at radius 1 is 1.26 bits per heavy atom. The fraction of sp³-hybridized carbons (Fsp3) is 0.762. The summed E-state index contributed by atoms with van der Waals surface area (Å²) in [6.45, 7) is 11.5. The van der Waals surface area contributed by atoms with Crippen LogP contribution in [-0.4, -0.2) is 52.9 Å². The third-order valence-corrected chi connectivity index (χ3v) is 6.00. The third kappa shape index (κ3) is 4.53. The Morgan fingerprint density at radius 3 is 2.70 bits per heavy atom. The van der Waals surface area contributed by atoms with Crippen molar-refractivity contribution in [2.24, 2.45) is 11.3 Å². The molecule has 2 aliphatic heterocycles. The van der Waals surface area contributed by atoms with Crippen LogP contribution in [0.3, 0.4) is 0 Å². The van der Waals surface area contributed by atoms with Crippen LogP contribution in [0.2, 0.25) is 0 Å². The number of amides is 2. The van der Waals surface area contributed by atoms with Gasteiger partial charge in [-0.05, 0) is 37.5 Å². The van der Waals surface area contributed by atoms with E-state index >= 15 is 0 Å². The maximum atomic E-state index is 12.9. The first kappa shape index (κ1) is 19.9. The molecule has 3 rings (SSSR count). The van der Waals surface area contributed by atoms with Gasteiger partial charge in [0, 0.05) is 44.1 Å². The van der Waals surface area contributed by atoms with Crippen molar-refractivity contribution in [2.75, 3.05) is 26.2 Å². The van der Waals surface area contributed by atoms with E-state index in [2.05, 4.69) is 19.0 Å². The maximum absolute atomic E-state index is 12.9. The summed E-state index contributed by atoms with van der Waals surface area (Å²) in [5.74, 6) is 1.35. The first-order valence-corrected chi connectivity index (χ1v) is 10.3. The standard InChI is InChI=1S/C21H33N3O3/c1-15(2)7-11-23-13-21(9-6-19(23)25)8-5-10-24(14-21)20(26)18-12-17(16(3)4)22-27-18/h12,15-16H,5-11,13-14H2,1-4H3. The second-order valence-electron chi connectivity index (χ2n) is 9.10. The lowest BCUT2D eigenvalue weighted by Crippen LogP contribution is -2.55. The summed E-state index contributed by atoms with van der Waals surface area (Å²) in [6.07, 6.45) is 4.56. The van der Waals surface area contributed by atoms with Crippen LogP contribution < -0.4 is 0 Å². The lowest BCUT2D eigenvalue weighted by molar-refractivity contribution is -0.139. The van der Waals surface area contributed by atoms with E-state index in [4.69, 9.17) is 4.52 Å². The molecule has 0 radical (unpaired) electrons. The van der Waals surface area contributed by atoms with Gasteiger partial charge < -0.3 is 14.3 Å². The van der Waals surface area contributed by atoms with Crippen molar-refractivity contribution in [2.45, 2.75) is 65.7 Å². The molecular formula is C21H33N3O3. The quantitative estimate of drug-likeness (QED) is 0.787. The van der Waals surface area contributed by atoms with E-state index in [0.29, 0.717) is 24.6 Å². The summed E-state index contributed by atoms with van der Waals surface area (Å²) in [5.41, 5.74) is 0.841. The van der Waals surface area contributed by atoms with Crippen LogP contribution in [0.15, 0.2) is 10.6 Å². The molecule has 1 aromatic heterocycles. The van der Waals surface area contributed by atoms with E-state index in [1.807, 2.05) is 23.6 Å². The molecule has 27 heavy (non-hydrogen) atoms. The van der Waals surface area contributed by atoms with Gasteiger partial charge in [-0.3, -0.25) is 9.59 Å². The number of hydrogen-bond donors (Lipinski definition) is 0. The molecule has 1 spiro atoms. The Balaban J connectivity index is 1.68. The average Bonchev–Trinajstić information content (AvgIpc) is 3.12. The minimum atomic E-state index is -0.0703. The van der Waals surface area contributed by atoms with Crippen molar-refractivity contribution < 1.29 is 14.1 Å². The fourth-order valence-corrected chi connectivity index (χ4v) is 4.25. The third-order valence-electron chi connectivity index (χ3n) is 6.00. The first-order chi connectivity index (χ1) is 12.8. The van der Waals surface area contributed by atoms with Crippen LogP contribution in [0.1, 0.15) is 82.0 Å². The number of aromatic nitrogens is 1. The topological polar surface area (TPSA) is 66.7 Å². The van der Waals surface area contributed by atoms with Gasteiger partial charge in [0.1, 0.15) is 0 Å².